The zero-order chi connectivity index (χ0) is 17.4. The molecule has 4 heteroatoms. The van der Waals surface area contributed by atoms with E-state index in [0.717, 1.165) is 36.5 Å². The molecule has 0 aromatic heterocycles. The molecule has 0 saturated heterocycles. The fourth-order valence-electron chi connectivity index (χ4n) is 2.28. The van der Waals surface area contributed by atoms with E-state index in [0.29, 0.717) is 24.3 Å². The number of rotatable bonds is 8. The van der Waals surface area contributed by atoms with Crippen LogP contribution < -0.4 is 0 Å². The van der Waals surface area contributed by atoms with Gasteiger partial charge < -0.3 is 9.47 Å². The van der Waals surface area contributed by atoms with Crippen LogP contribution >= 0.6 is 0 Å². The monoisotopic (exact) mass is 328 g/mol. The third kappa shape index (κ3) is 4.82. The molecule has 24 heavy (non-hydrogen) atoms. The lowest BCUT2D eigenvalue weighted by molar-refractivity contribution is 0.0490. The number of ether oxygens (including phenoxy) is 2. The van der Waals surface area contributed by atoms with Gasteiger partial charge in [-0.15, -0.1) is 0 Å². The predicted molar refractivity (Wildman–Crippen MR) is 94.3 cm³/mol. The molecule has 0 N–H and O–H groups in total. The van der Waals surface area contributed by atoms with Crippen LogP contribution in [0.4, 0.5) is 0 Å². The number of carbonyl (C=O) groups is 2. The largest absolute Gasteiger partial charge is 0.462 e. The zero-order valence-electron chi connectivity index (χ0n) is 14.3. The van der Waals surface area contributed by atoms with Crippen molar-refractivity contribution in [3.63, 3.8) is 0 Å². The zero-order valence-corrected chi connectivity index (χ0v) is 14.3. The Kier molecular flexibility index (Phi) is 6.79. The molecule has 0 heterocycles. The highest BCUT2D eigenvalue weighted by molar-refractivity contribution is 5.98. The molecular formula is C20H24O4. The molecule has 0 amide bonds. The Morgan fingerprint density at radius 2 is 1.17 bits per heavy atom. The van der Waals surface area contributed by atoms with E-state index in [9.17, 15) is 9.59 Å². The maximum atomic E-state index is 12.0. The average molecular weight is 328 g/mol. The van der Waals surface area contributed by atoms with Gasteiger partial charge in [0.2, 0.25) is 0 Å². The third-order valence-corrected chi connectivity index (χ3v) is 3.77. The molecule has 0 unspecified atom stereocenters. The van der Waals surface area contributed by atoms with E-state index < -0.39 is 0 Å². The lowest BCUT2D eigenvalue weighted by atomic mass is 10.0. The molecule has 0 fully saturated rings. The highest BCUT2D eigenvalue weighted by atomic mass is 16.5. The lowest BCUT2D eigenvalue weighted by Gasteiger charge is -2.07. The van der Waals surface area contributed by atoms with E-state index in [1.807, 2.05) is 12.1 Å². The molecule has 0 atom stereocenters. The van der Waals surface area contributed by atoms with Crippen LogP contribution in [0, 0.1) is 0 Å². The standard InChI is InChI=1S/C20H24O4/c1-3-5-11-23-19(21)17-9-7-16-14-18(10-8-15(16)13-17)20(22)24-12-6-4-2/h7-10,13-14H,3-6,11-12H2,1-2H3. The fraction of sp³-hybridized carbons (Fsp3) is 0.400. The first-order valence-corrected chi connectivity index (χ1v) is 8.53. The summed E-state index contributed by atoms with van der Waals surface area (Å²) >= 11 is 0. The van der Waals surface area contributed by atoms with Crippen LogP contribution in [0.5, 0.6) is 0 Å². The lowest BCUT2D eigenvalue weighted by Crippen LogP contribution is -2.07. The molecule has 2 aromatic carbocycles. The second-order valence-electron chi connectivity index (χ2n) is 5.76. The summed E-state index contributed by atoms with van der Waals surface area (Å²) in [5.74, 6) is -0.623. The van der Waals surface area contributed by atoms with Gasteiger partial charge in [-0.05, 0) is 47.9 Å². The molecule has 0 saturated carbocycles. The quantitative estimate of drug-likeness (QED) is 0.518. The SMILES string of the molecule is CCCCOC(=O)c1ccc2cc(C(=O)OCCCC)ccc2c1. The molecule has 0 aliphatic heterocycles. The first-order chi connectivity index (χ1) is 11.7. The van der Waals surface area contributed by atoms with E-state index in [1.54, 1.807) is 24.3 Å². The van der Waals surface area contributed by atoms with Crippen LogP contribution in [-0.2, 0) is 9.47 Å². The van der Waals surface area contributed by atoms with E-state index in [-0.39, 0.29) is 11.9 Å². The van der Waals surface area contributed by atoms with Crippen molar-refractivity contribution in [1.29, 1.82) is 0 Å². The van der Waals surface area contributed by atoms with Crippen LogP contribution in [0.2, 0.25) is 0 Å². The van der Waals surface area contributed by atoms with Gasteiger partial charge in [0.1, 0.15) is 0 Å². The maximum absolute atomic E-state index is 12.0. The number of esters is 2. The number of hydrogen-bond donors (Lipinski definition) is 0. The molecule has 128 valence electrons. The number of unbranched alkanes of at least 4 members (excludes halogenated alkanes) is 2. The van der Waals surface area contributed by atoms with Gasteiger partial charge in [-0.3, -0.25) is 0 Å². The van der Waals surface area contributed by atoms with Gasteiger partial charge in [0, 0.05) is 0 Å². The topological polar surface area (TPSA) is 52.6 Å². The van der Waals surface area contributed by atoms with Gasteiger partial charge >= 0.3 is 11.9 Å². The minimum Gasteiger partial charge on any atom is -0.462 e. The number of hydrogen-bond acceptors (Lipinski definition) is 4. The van der Waals surface area contributed by atoms with Crippen molar-refractivity contribution in [2.45, 2.75) is 39.5 Å². The van der Waals surface area contributed by atoms with E-state index in [4.69, 9.17) is 9.47 Å². The number of benzene rings is 2. The Morgan fingerprint density at radius 1 is 0.750 bits per heavy atom. The predicted octanol–water partition coefficient (Wildman–Crippen LogP) is 4.75. The molecule has 0 radical (unpaired) electrons. The smallest absolute Gasteiger partial charge is 0.338 e. The van der Waals surface area contributed by atoms with Gasteiger partial charge in [-0.1, -0.05) is 38.8 Å². The van der Waals surface area contributed by atoms with E-state index in [2.05, 4.69) is 13.8 Å². The van der Waals surface area contributed by atoms with Gasteiger partial charge in [0.05, 0.1) is 24.3 Å². The normalized spacial score (nSPS) is 10.6. The number of fused-ring (bicyclic) bond motifs is 1. The van der Waals surface area contributed by atoms with Crippen LogP contribution in [0.3, 0.4) is 0 Å². The van der Waals surface area contributed by atoms with Crippen LogP contribution in [0.25, 0.3) is 10.8 Å². The molecule has 0 spiro atoms. The number of carbonyl (C=O) groups excluding carboxylic acids is 2. The first kappa shape index (κ1) is 18.0. The summed E-state index contributed by atoms with van der Waals surface area (Å²) in [6.07, 6.45) is 3.70. The Balaban J connectivity index is 2.10. The Hall–Kier alpha value is -2.36. The second-order valence-corrected chi connectivity index (χ2v) is 5.76. The summed E-state index contributed by atoms with van der Waals surface area (Å²) in [7, 11) is 0. The fourth-order valence-corrected chi connectivity index (χ4v) is 2.28. The summed E-state index contributed by atoms with van der Waals surface area (Å²) < 4.78 is 10.4. The second kappa shape index (κ2) is 9.06. The minimum atomic E-state index is -0.312. The molecule has 0 aliphatic rings. The third-order valence-electron chi connectivity index (χ3n) is 3.77. The molecule has 2 aromatic rings. The van der Waals surface area contributed by atoms with Crippen molar-refractivity contribution in [2.24, 2.45) is 0 Å². The summed E-state index contributed by atoms with van der Waals surface area (Å²) in [5.41, 5.74) is 1.05. The van der Waals surface area contributed by atoms with Crippen molar-refractivity contribution in [3.8, 4) is 0 Å². The van der Waals surface area contributed by atoms with Crippen molar-refractivity contribution in [3.05, 3.63) is 47.5 Å². The Bertz CT molecular complexity index is 645. The van der Waals surface area contributed by atoms with Crippen molar-refractivity contribution >= 4 is 22.7 Å². The average Bonchev–Trinajstić information content (AvgIpc) is 2.61. The van der Waals surface area contributed by atoms with E-state index in [1.165, 1.54) is 0 Å². The molecular weight excluding hydrogens is 304 g/mol. The van der Waals surface area contributed by atoms with Crippen LogP contribution in [0.1, 0.15) is 60.2 Å². The van der Waals surface area contributed by atoms with Crippen molar-refractivity contribution in [2.75, 3.05) is 13.2 Å². The van der Waals surface area contributed by atoms with Crippen LogP contribution in [-0.4, -0.2) is 25.2 Å². The van der Waals surface area contributed by atoms with Gasteiger partial charge in [0.15, 0.2) is 0 Å². The van der Waals surface area contributed by atoms with Gasteiger partial charge in [-0.2, -0.15) is 0 Å². The minimum absolute atomic E-state index is 0.312. The molecule has 4 nitrogen and oxygen atoms in total. The van der Waals surface area contributed by atoms with Gasteiger partial charge in [-0.25, -0.2) is 9.59 Å². The summed E-state index contributed by atoms with van der Waals surface area (Å²) in [6.45, 7) is 4.98. The Labute approximate surface area is 142 Å². The Morgan fingerprint density at radius 3 is 1.54 bits per heavy atom. The van der Waals surface area contributed by atoms with Crippen molar-refractivity contribution in [1.82, 2.24) is 0 Å². The summed E-state index contributed by atoms with van der Waals surface area (Å²) in [5, 5.41) is 1.79. The van der Waals surface area contributed by atoms with E-state index >= 15 is 0 Å². The van der Waals surface area contributed by atoms with Gasteiger partial charge in [0.25, 0.3) is 0 Å². The first-order valence-electron chi connectivity index (χ1n) is 8.53. The summed E-state index contributed by atoms with van der Waals surface area (Å²) in [6, 6.07) is 10.7. The highest BCUT2D eigenvalue weighted by Crippen LogP contribution is 2.19. The van der Waals surface area contributed by atoms with Crippen molar-refractivity contribution < 1.29 is 19.1 Å². The summed E-state index contributed by atoms with van der Waals surface area (Å²) in [4.78, 5) is 24.0. The molecule has 0 bridgehead atoms. The highest BCUT2D eigenvalue weighted by Gasteiger charge is 2.10. The molecule has 2 rings (SSSR count). The maximum Gasteiger partial charge on any atom is 0.338 e. The molecule has 0 aliphatic carbocycles. The van der Waals surface area contributed by atoms with Crippen LogP contribution in [0.15, 0.2) is 36.4 Å².